The highest BCUT2D eigenvalue weighted by Gasteiger charge is 2.04. The topological polar surface area (TPSA) is 33.7 Å². The number of hydrogen-bond donors (Lipinski definition) is 1. The van der Waals surface area contributed by atoms with Gasteiger partial charge in [-0.2, -0.15) is 0 Å². The van der Waals surface area contributed by atoms with Gasteiger partial charge in [-0.25, -0.2) is 0 Å². The van der Waals surface area contributed by atoms with Crippen LogP contribution >= 0.6 is 0 Å². The fraction of sp³-hybridized carbons (Fsp3) is 0.625. The highest BCUT2D eigenvalue weighted by molar-refractivity contribution is 5.42. The average molecular weight is 280 g/mol. The molecule has 0 saturated carbocycles. The first-order valence-electron chi connectivity index (χ1n) is 7.53. The third kappa shape index (κ3) is 8.15. The molecule has 0 atom stereocenters. The molecule has 0 aromatic heterocycles. The molecule has 0 spiro atoms. The van der Waals surface area contributed by atoms with E-state index in [0.717, 1.165) is 52.6 Å². The number of nitrogens with one attached hydrogen (secondary N) is 1. The van der Waals surface area contributed by atoms with E-state index >= 15 is 0 Å². The normalized spacial score (nSPS) is 10.9. The zero-order valence-electron chi connectivity index (χ0n) is 12.8. The van der Waals surface area contributed by atoms with Crippen LogP contribution < -0.4 is 5.32 Å². The molecular formula is C16H28N2O2. The van der Waals surface area contributed by atoms with E-state index in [1.807, 2.05) is 32.0 Å². The molecule has 1 N–H and O–H groups in total. The molecule has 0 aliphatic carbocycles. The van der Waals surface area contributed by atoms with E-state index in [2.05, 4.69) is 22.3 Å². The molecule has 1 aromatic rings. The predicted molar refractivity (Wildman–Crippen MR) is 84.4 cm³/mol. The van der Waals surface area contributed by atoms with Crippen LogP contribution in [0.2, 0.25) is 0 Å². The smallest absolute Gasteiger partial charge is 0.0593 e. The summed E-state index contributed by atoms with van der Waals surface area (Å²) in [5, 5.41) is 3.43. The lowest BCUT2D eigenvalue weighted by atomic mass is 10.3. The van der Waals surface area contributed by atoms with E-state index in [0.29, 0.717) is 0 Å². The zero-order valence-corrected chi connectivity index (χ0v) is 12.8. The summed E-state index contributed by atoms with van der Waals surface area (Å²) in [6.45, 7) is 11.0. The minimum absolute atomic E-state index is 0.779. The van der Waals surface area contributed by atoms with Gasteiger partial charge in [0.25, 0.3) is 0 Å². The predicted octanol–water partition coefficient (Wildman–Crippen LogP) is 2.47. The van der Waals surface area contributed by atoms with Gasteiger partial charge < -0.3 is 14.8 Å². The summed E-state index contributed by atoms with van der Waals surface area (Å²) >= 11 is 0. The average Bonchev–Trinajstić information content (AvgIpc) is 2.48. The first-order valence-corrected chi connectivity index (χ1v) is 7.53. The van der Waals surface area contributed by atoms with Crippen LogP contribution in [0.1, 0.15) is 13.8 Å². The Kier molecular flexibility index (Phi) is 9.92. The minimum atomic E-state index is 0.779. The molecule has 0 amide bonds. The van der Waals surface area contributed by atoms with E-state index in [9.17, 15) is 0 Å². The number of para-hydroxylation sites is 1. The van der Waals surface area contributed by atoms with E-state index in [1.165, 1.54) is 5.69 Å². The van der Waals surface area contributed by atoms with Gasteiger partial charge in [0.1, 0.15) is 0 Å². The fourth-order valence-corrected chi connectivity index (χ4v) is 1.93. The van der Waals surface area contributed by atoms with Crippen molar-refractivity contribution in [1.82, 2.24) is 4.90 Å². The molecule has 0 aliphatic rings. The van der Waals surface area contributed by atoms with Crippen LogP contribution in [0.15, 0.2) is 30.3 Å². The van der Waals surface area contributed by atoms with Crippen molar-refractivity contribution in [3.63, 3.8) is 0 Å². The Morgan fingerprint density at radius 3 is 2.05 bits per heavy atom. The molecule has 4 nitrogen and oxygen atoms in total. The maximum Gasteiger partial charge on any atom is 0.0593 e. The molecule has 0 heterocycles. The molecule has 4 heteroatoms. The van der Waals surface area contributed by atoms with Crippen molar-refractivity contribution in [2.45, 2.75) is 13.8 Å². The molecule has 0 aliphatic heterocycles. The highest BCUT2D eigenvalue weighted by atomic mass is 16.5. The van der Waals surface area contributed by atoms with Crippen molar-refractivity contribution < 1.29 is 9.47 Å². The fourth-order valence-electron chi connectivity index (χ4n) is 1.93. The van der Waals surface area contributed by atoms with Gasteiger partial charge in [-0.3, -0.25) is 4.90 Å². The third-order valence-electron chi connectivity index (χ3n) is 3.04. The lowest BCUT2D eigenvalue weighted by Crippen LogP contribution is -2.35. The first kappa shape index (κ1) is 17.0. The maximum atomic E-state index is 5.43. The van der Waals surface area contributed by atoms with Crippen LogP contribution in [0.5, 0.6) is 0 Å². The Labute approximate surface area is 123 Å². The van der Waals surface area contributed by atoms with Gasteiger partial charge in [-0.05, 0) is 26.0 Å². The van der Waals surface area contributed by atoms with Crippen molar-refractivity contribution >= 4 is 5.69 Å². The van der Waals surface area contributed by atoms with Crippen LogP contribution in [0.4, 0.5) is 5.69 Å². The van der Waals surface area contributed by atoms with Crippen molar-refractivity contribution in [3.05, 3.63) is 30.3 Å². The molecular weight excluding hydrogens is 252 g/mol. The Morgan fingerprint density at radius 1 is 0.900 bits per heavy atom. The quantitative estimate of drug-likeness (QED) is 0.596. The standard InChI is InChI=1S/C16H28N2O2/c1-3-19-14-12-18(13-15-20-4-2)11-10-17-16-8-6-5-7-9-16/h5-9,17H,3-4,10-15H2,1-2H3. The number of benzene rings is 1. The molecule has 0 radical (unpaired) electrons. The Bertz CT molecular complexity index is 310. The lowest BCUT2D eigenvalue weighted by molar-refractivity contribution is 0.0846. The highest BCUT2D eigenvalue weighted by Crippen LogP contribution is 2.04. The van der Waals surface area contributed by atoms with E-state index in [4.69, 9.17) is 9.47 Å². The SMILES string of the molecule is CCOCCN(CCNc1ccccc1)CCOCC. The Morgan fingerprint density at radius 2 is 1.50 bits per heavy atom. The summed E-state index contributed by atoms with van der Waals surface area (Å²) in [5.74, 6) is 0. The van der Waals surface area contributed by atoms with Gasteiger partial charge in [0.2, 0.25) is 0 Å². The van der Waals surface area contributed by atoms with E-state index in [1.54, 1.807) is 0 Å². The second-order valence-electron chi connectivity index (χ2n) is 4.53. The third-order valence-corrected chi connectivity index (χ3v) is 3.04. The van der Waals surface area contributed by atoms with E-state index in [-0.39, 0.29) is 0 Å². The number of hydrogen-bond acceptors (Lipinski definition) is 4. The van der Waals surface area contributed by atoms with Crippen molar-refractivity contribution in [3.8, 4) is 0 Å². The number of anilines is 1. The van der Waals surface area contributed by atoms with Crippen LogP contribution in [0, 0.1) is 0 Å². The molecule has 20 heavy (non-hydrogen) atoms. The van der Waals surface area contributed by atoms with Crippen molar-refractivity contribution in [2.75, 3.05) is 57.9 Å². The number of ether oxygens (including phenoxy) is 2. The molecule has 114 valence electrons. The summed E-state index contributed by atoms with van der Waals surface area (Å²) in [6, 6.07) is 10.3. The first-order chi connectivity index (χ1) is 9.86. The molecule has 0 unspecified atom stereocenters. The van der Waals surface area contributed by atoms with Crippen LogP contribution in [0.25, 0.3) is 0 Å². The van der Waals surface area contributed by atoms with Crippen LogP contribution in [0.3, 0.4) is 0 Å². The van der Waals surface area contributed by atoms with Gasteiger partial charge in [0.05, 0.1) is 13.2 Å². The second kappa shape index (κ2) is 11.7. The van der Waals surface area contributed by atoms with Gasteiger partial charge in [-0.1, -0.05) is 18.2 Å². The molecule has 1 aromatic carbocycles. The van der Waals surface area contributed by atoms with Crippen molar-refractivity contribution in [1.29, 1.82) is 0 Å². The largest absolute Gasteiger partial charge is 0.384 e. The van der Waals surface area contributed by atoms with Gasteiger partial charge in [-0.15, -0.1) is 0 Å². The van der Waals surface area contributed by atoms with Crippen LogP contribution in [-0.2, 0) is 9.47 Å². The zero-order chi connectivity index (χ0) is 14.5. The lowest BCUT2D eigenvalue weighted by Gasteiger charge is -2.22. The van der Waals surface area contributed by atoms with E-state index < -0.39 is 0 Å². The molecule has 1 rings (SSSR count). The monoisotopic (exact) mass is 280 g/mol. The Balaban J connectivity index is 2.23. The van der Waals surface area contributed by atoms with Crippen molar-refractivity contribution in [2.24, 2.45) is 0 Å². The van der Waals surface area contributed by atoms with Gasteiger partial charge in [0, 0.05) is 45.1 Å². The van der Waals surface area contributed by atoms with Gasteiger partial charge >= 0.3 is 0 Å². The summed E-state index contributed by atoms with van der Waals surface area (Å²) in [6.07, 6.45) is 0. The minimum Gasteiger partial charge on any atom is -0.384 e. The van der Waals surface area contributed by atoms with Crippen LogP contribution in [-0.4, -0.2) is 57.5 Å². The summed E-state index contributed by atoms with van der Waals surface area (Å²) in [5.41, 5.74) is 1.17. The summed E-state index contributed by atoms with van der Waals surface area (Å²) in [7, 11) is 0. The van der Waals surface area contributed by atoms with Gasteiger partial charge in [0.15, 0.2) is 0 Å². The summed E-state index contributed by atoms with van der Waals surface area (Å²) in [4.78, 5) is 2.38. The molecule has 0 saturated heterocycles. The Hall–Kier alpha value is -1.10. The number of nitrogens with zero attached hydrogens (tertiary/aromatic N) is 1. The summed E-state index contributed by atoms with van der Waals surface area (Å²) < 4.78 is 10.9. The molecule has 0 fully saturated rings. The molecule has 0 bridgehead atoms. The second-order valence-corrected chi connectivity index (χ2v) is 4.53. The maximum absolute atomic E-state index is 5.43. The number of rotatable bonds is 12.